The summed E-state index contributed by atoms with van der Waals surface area (Å²) in [4.78, 5) is 2.26. The molecule has 2 aliphatic rings. The van der Waals surface area contributed by atoms with E-state index in [1.165, 1.54) is 5.56 Å². The largest absolute Gasteiger partial charge is 0.454 e. The zero-order valence-electron chi connectivity index (χ0n) is 9.35. The summed E-state index contributed by atoms with van der Waals surface area (Å²) >= 11 is 0. The van der Waals surface area contributed by atoms with Crippen LogP contribution in [0.4, 0.5) is 0 Å². The molecule has 0 amide bonds. The first-order valence-electron chi connectivity index (χ1n) is 5.58. The average molecular weight is 220 g/mol. The van der Waals surface area contributed by atoms with Gasteiger partial charge < -0.3 is 20.1 Å². The van der Waals surface area contributed by atoms with Gasteiger partial charge in [-0.15, -0.1) is 0 Å². The highest BCUT2D eigenvalue weighted by Crippen LogP contribution is 2.36. The van der Waals surface area contributed by atoms with E-state index in [4.69, 9.17) is 15.2 Å². The highest BCUT2D eigenvalue weighted by molar-refractivity contribution is 5.46. The number of fused-ring (bicyclic) bond motifs is 1. The lowest BCUT2D eigenvalue weighted by Gasteiger charge is -2.14. The number of benzene rings is 1. The maximum Gasteiger partial charge on any atom is 0.231 e. The molecule has 0 radical (unpaired) electrons. The van der Waals surface area contributed by atoms with Crippen LogP contribution in [0.5, 0.6) is 11.5 Å². The first-order valence-corrected chi connectivity index (χ1v) is 5.58. The second kappa shape index (κ2) is 3.64. The second-order valence-corrected chi connectivity index (χ2v) is 4.60. The van der Waals surface area contributed by atoms with Crippen molar-refractivity contribution < 1.29 is 9.47 Å². The SMILES string of the molecule is CN1C[C@@H](N)[C@H](c2ccc3c(c2)OCO3)C1. The predicted octanol–water partition coefficient (Wildman–Crippen LogP) is 0.772. The third-order valence-corrected chi connectivity index (χ3v) is 3.37. The van der Waals surface area contributed by atoms with E-state index in [-0.39, 0.29) is 6.04 Å². The van der Waals surface area contributed by atoms with Crippen molar-refractivity contribution in [2.75, 3.05) is 26.9 Å². The topological polar surface area (TPSA) is 47.7 Å². The van der Waals surface area contributed by atoms with E-state index in [2.05, 4.69) is 24.1 Å². The number of hydrogen-bond acceptors (Lipinski definition) is 4. The van der Waals surface area contributed by atoms with Crippen LogP contribution in [0.1, 0.15) is 11.5 Å². The van der Waals surface area contributed by atoms with Gasteiger partial charge in [0.1, 0.15) is 0 Å². The van der Waals surface area contributed by atoms with Gasteiger partial charge >= 0.3 is 0 Å². The van der Waals surface area contributed by atoms with Gasteiger partial charge in [0.25, 0.3) is 0 Å². The van der Waals surface area contributed by atoms with Gasteiger partial charge in [-0.05, 0) is 24.7 Å². The Morgan fingerprint density at radius 3 is 2.81 bits per heavy atom. The lowest BCUT2D eigenvalue weighted by Crippen LogP contribution is -2.27. The lowest BCUT2D eigenvalue weighted by molar-refractivity contribution is 0.174. The molecular weight excluding hydrogens is 204 g/mol. The van der Waals surface area contributed by atoms with Crippen LogP contribution in [-0.4, -0.2) is 37.9 Å². The molecule has 1 saturated heterocycles. The fourth-order valence-corrected chi connectivity index (χ4v) is 2.53. The zero-order chi connectivity index (χ0) is 11.1. The maximum absolute atomic E-state index is 6.13. The minimum absolute atomic E-state index is 0.213. The fourth-order valence-electron chi connectivity index (χ4n) is 2.53. The summed E-state index contributed by atoms with van der Waals surface area (Å²) in [6.07, 6.45) is 0. The molecule has 0 spiro atoms. The number of likely N-dealkylation sites (N-methyl/N-ethyl adjacent to an activating group) is 1. The second-order valence-electron chi connectivity index (χ2n) is 4.60. The first-order chi connectivity index (χ1) is 7.74. The average Bonchev–Trinajstić information content (AvgIpc) is 2.83. The Balaban J connectivity index is 1.89. The molecule has 1 aromatic carbocycles. The maximum atomic E-state index is 6.13. The highest BCUT2D eigenvalue weighted by Gasteiger charge is 2.30. The van der Waals surface area contributed by atoms with Crippen molar-refractivity contribution in [2.24, 2.45) is 5.73 Å². The molecule has 2 aliphatic heterocycles. The number of rotatable bonds is 1. The van der Waals surface area contributed by atoms with Gasteiger partial charge in [0.2, 0.25) is 6.79 Å². The Labute approximate surface area is 94.9 Å². The van der Waals surface area contributed by atoms with Crippen molar-refractivity contribution in [3.63, 3.8) is 0 Å². The smallest absolute Gasteiger partial charge is 0.231 e. The van der Waals surface area contributed by atoms with Gasteiger partial charge in [-0.2, -0.15) is 0 Å². The van der Waals surface area contributed by atoms with Crippen LogP contribution in [0.15, 0.2) is 18.2 Å². The van der Waals surface area contributed by atoms with E-state index in [1.54, 1.807) is 0 Å². The molecule has 1 aromatic rings. The van der Waals surface area contributed by atoms with E-state index in [0.717, 1.165) is 24.6 Å². The Kier molecular flexibility index (Phi) is 2.26. The predicted molar refractivity (Wildman–Crippen MR) is 60.8 cm³/mol. The van der Waals surface area contributed by atoms with Gasteiger partial charge in [-0.3, -0.25) is 0 Å². The number of ether oxygens (including phenoxy) is 2. The Hall–Kier alpha value is -1.26. The number of hydrogen-bond donors (Lipinski definition) is 1. The van der Waals surface area contributed by atoms with Crippen LogP contribution in [-0.2, 0) is 0 Å². The van der Waals surface area contributed by atoms with Crippen molar-refractivity contribution in [3.05, 3.63) is 23.8 Å². The third-order valence-electron chi connectivity index (χ3n) is 3.37. The summed E-state index contributed by atoms with van der Waals surface area (Å²) in [5.41, 5.74) is 7.38. The summed E-state index contributed by atoms with van der Waals surface area (Å²) in [5.74, 6) is 2.09. The molecule has 1 fully saturated rings. The van der Waals surface area contributed by atoms with Crippen LogP contribution in [0, 0.1) is 0 Å². The number of nitrogens with zero attached hydrogens (tertiary/aromatic N) is 1. The van der Waals surface area contributed by atoms with Gasteiger partial charge in [0.15, 0.2) is 11.5 Å². The minimum atomic E-state index is 0.213. The molecule has 0 bridgehead atoms. The molecule has 2 N–H and O–H groups in total. The molecule has 0 unspecified atom stereocenters. The van der Waals surface area contributed by atoms with Crippen LogP contribution in [0.25, 0.3) is 0 Å². The highest BCUT2D eigenvalue weighted by atomic mass is 16.7. The Bertz CT molecular complexity index is 408. The molecule has 3 rings (SSSR count). The van der Waals surface area contributed by atoms with Crippen LogP contribution in [0.2, 0.25) is 0 Å². The van der Waals surface area contributed by atoms with Crippen LogP contribution < -0.4 is 15.2 Å². The summed E-state index contributed by atoms with van der Waals surface area (Å²) in [6.45, 7) is 2.30. The first kappa shape index (κ1) is 9.93. The molecule has 4 heteroatoms. The fraction of sp³-hybridized carbons (Fsp3) is 0.500. The molecule has 2 heterocycles. The van der Waals surface area contributed by atoms with Crippen molar-refractivity contribution in [2.45, 2.75) is 12.0 Å². The molecule has 4 nitrogen and oxygen atoms in total. The standard InChI is InChI=1S/C12H16N2O2/c1-14-5-9(10(13)6-14)8-2-3-11-12(4-8)16-7-15-11/h2-4,9-10H,5-7,13H2,1H3/t9-,10+/m0/s1. The number of nitrogens with two attached hydrogens (primary N) is 1. The molecule has 0 aromatic heterocycles. The molecule has 16 heavy (non-hydrogen) atoms. The summed E-state index contributed by atoms with van der Waals surface area (Å²) < 4.78 is 10.7. The normalized spacial score (nSPS) is 28.6. The number of likely N-dealkylation sites (tertiary alicyclic amines) is 1. The van der Waals surface area contributed by atoms with Crippen molar-refractivity contribution >= 4 is 0 Å². The van der Waals surface area contributed by atoms with E-state index >= 15 is 0 Å². The van der Waals surface area contributed by atoms with E-state index in [0.29, 0.717) is 12.7 Å². The van der Waals surface area contributed by atoms with Crippen molar-refractivity contribution in [3.8, 4) is 11.5 Å². The van der Waals surface area contributed by atoms with E-state index < -0.39 is 0 Å². The molecule has 0 saturated carbocycles. The molecule has 2 atom stereocenters. The summed E-state index contributed by atoms with van der Waals surface area (Å²) in [7, 11) is 2.10. The van der Waals surface area contributed by atoms with Crippen molar-refractivity contribution in [1.82, 2.24) is 4.90 Å². The third kappa shape index (κ3) is 1.54. The van der Waals surface area contributed by atoms with Crippen LogP contribution >= 0.6 is 0 Å². The summed E-state index contributed by atoms with van der Waals surface area (Å²) in [5, 5.41) is 0. The molecule has 86 valence electrons. The van der Waals surface area contributed by atoms with E-state index in [9.17, 15) is 0 Å². The molecule has 0 aliphatic carbocycles. The van der Waals surface area contributed by atoms with E-state index in [1.807, 2.05) is 6.07 Å². The van der Waals surface area contributed by atoms with Gasteiger partial charge in [-0.1, -0.05) is 6.07 Å². The monoisotopic (exact) mass is 220 g/mol. The molecular formula is C12H16N2O2. The zero-order valence-corrected chi connectivity index (χ0v) is 9.35. The van der Waals surface area contributed by atoms with Gasteiger partial charge in [-0.25, -0.2) is 0 Å². The van der Waals surface area contributed by atoms with Crippen molar-refractivity contribution in [1.29, 1.82) is 0 Å². The lowest BCUT2D eigenvalue weighted by atomic mass is 9.94. The quantitative estimate of drug-likeness (QED) is 0.759. The Morgan fingerprint density at radius 1 is 1.25 bits per heavy atom. The summed E-state index contributed by atoms with van der Waals surface area (Å²) in [6, 6.07) is 6.34. The van der Waals surface area contributed by atoms with Crippen LogP contribution in [0.3, 0.4) is 0 Å². The van der Waals surface area contributed by atoms with Gasteiger partial charge in [0, 0.05) is 25.0 Å². The van der Waals surface area contributed by atoms with Gasteiger partial charge in [0.05, 0.1) is 0 Å². The minimum Gasteiger partial charge on any atom is -0.454 e. The Morgan fingerprint density at radius 2 is 2.06 bits per heavy atom.